The molecule has 0 spiro atoms. The summed E-state index contributed by atoms with van der Waals surface area (Å²) in [6, 6.07) is 1.45. The number of imidazole rings is 1. The van der Waals surface area contributed by atoms with Crippen molar-refractivity contribution in [1.82, 2.24) is 29.8 Å². The van der Waals surface area contributed by atoms with Crippen LogP contribution in [0.5, 0.6) is 0 Å². The number of rotatable bonds is 4. The van der Waals surface area contributed by atoms with Crippen molar-refractivity contribution in [3.8, 4) is 0 Å². The summed E-state index contributed by atoms with van der Waals surface area (Å²) in [5.41, 5.74) is 13.1. The molecule has 0 saturated heterocycles. The summed E-state index contributed by atoms with van der Waals surface area (Å²) >= 11 is 0. The number of H-pyrrole nitrogens is 1. The van der Waals surface area contributed by atoms with E-state index in [9.17, 15) is 4.39 Å². The van der Waals surface area contributed by atoms with Crippen molar-refractivity contribution in [1.29, 1.82) is 0 Å². The van der Waals surface area contributed by atoms with Gasteiger partial charge in [-0.2, -0.15) is 9.97 Å². The number of halogens is 1. The van der Waals surface area contributed by atoms with Crippen LogP contribution in [-0.4, -0.2) is 36.9 Å². The van der Waals surface area contributed by atoms with Crippen LogP contribution in [0.4, 0.5) is 16.2 Å². The lowest BCUT2D eigenvalue weighted by atomic mass is 10.2. The monoisotopic (exact) mass is 302 g/mol. The van der Waals surface area contributed by atoms with Gasteiger partial charge in [-0.1, -0.05) is 0 Å². The van der Waals surface area contributed by atoms with Gasteiger partial charge in [0.1, 0.15) is 17.2 Å². The number of aromatic nitrogens is 5. The van der Waals surface area contributed by atoms with Gasteiger partial charge in [-0.3, -0.25) is 9.88 Å². The Bertz CT molecular complexity index is 815. The lowest BCUT2D eigenvalue weighted by Gasteiger charge is -2.14. The van der Waals surface area contributed by atoms with Crippen LogP contribution < -0.4 is 11.5 Å². The minimum absolute atomic E-state index is 0.0854. The number of nitrogens with zero attached hydrogens (tertiary/aromatic N) is 5. The fourth-order valence-electron chi connectivity index (χ4n) is 2.22. The first kappa shape index (κ1) is 14.1. The Morgan fingerprint density at radius 2 is 2.00 bits per heavy atom. The van der Waals surface area contributed by atoms with Crippen LogP contribution in [0.3, 0.4) is 0 Å². The summed E-state index contributed by atoms with van der Waals surface area (Å²) in [4.78, 5) is 21.1. The molecule has 3 aromatic rings. The minimum Gasteiger partial charge on any atom is -0.382 e. The molecule has 0 unspecified atom stereocenters. The molecule has 0 saturated carbocycles. The van der Waals surface area contributed by atoms with Crippen molar-refractivity contribution in [2.45, 2.75) is 13.1 Å². The smallest absolute Gasteiger partial charge is 0.224 e. The predicted molar refractivity (Wildman–Crippen MR) is 79.9 cm³/mol. The molecule has 0 aliphatic heterocycles. The van der Waals surface area contributed by atoms with Crippen LogP contribution in [0.25, 0.3) is 11.2 Å². The highest BCUT2D eigenvalue weighted by Gasteiger charge is 2.11. The Morgan fingerprint density at radius 1 is 1.18 bits per heavy atom. The molecular formula is C13H15FN8. The molecule has 22 heavy (non-hydrogen) atoms. The van der Waals surface area contributed by atoms with Crippen LogP contribution in [0.2, 0.25) is 0 Å². The number of nitrogen functional groups attached to an aromatic ring is 2. The van der Waals surface area contributed by atoms with Crippen LogP contribution in [-0.2, 0) is 13.1 Å². The van der Waals surface area contributed by atoms with Gasteiger partial charge in [0.05, 0.1) is 12.7 Å². The van der Waals surface area contributed by atoms with Crippen LogP contribution >= 0.6 is 0 Å². The summed E-state index contributed by atoms with van der Waals surface area (Å²) in [5, 5.41) is 0. The second kappa shape index (κ2) is 5.53. The average Bonchev–Trinajstić information content (AvgIpc) is 2.81. The van der Waals surface area contributed by atoms with Gasteiger partial charge in [0.15, 0.2) is 11.5 Å². The third-order valence-electron chi connectivity index (χ3n) is 3.08. The van der Waals surface area contributed by atoms with Crippen LogP contribution in [0.1, 0.15) is 11.4 Å². The van der Waals surface area contributed by atoms with Gasteiger partial charge in [0.25, 0.3) is 0 Å². The number of aromatic amines is 1. The standard InChI is InChI=1S/C13H15FN8/c1-22(5-7-2-8(14)4-17-3-7)6-9-18-10-11(15)20-13(16)21-12(10)19-9/h2-4H,5-6H2,1H3,(H5,15,16,18,19,20,21). The Hall–Kier alpha value is -2.81. The molecule has 0 aliphatic rings. The van der Waals surface area contributed by atoms with E-state index in [1.165, 1.54) is 12.3 Å². The fourth-order valence-corrected chi connectivity index (χ4v) is 2.22. The zero-order chi connectivity index (χ0) is 15.7. The first-order valence-corrected chi connectivity index (χ1v) is 6.57. The molecule has 0 radical (unpaired) electrons. The van der Waals surface area contributed by atoms with E-state index in [0.717, 1.165) is 5.56 Å². The maximum Gasteiger partial charge on any atom is 0.224 e. The Kier molecular flexibility index (Phi) is 3.55. The topological polar surface area (TPSA) is 123 Å². The van der Waals surface area contributed by atoms with Crippen molar-refractivity contribution in [2.75, 3.05) is 18.5 Å². The summed E-state index contributed by atoms with van der Waals surface area (Å²) in [6.45, 7) is 1.04. The lowest BCUT2D eigenvalue weighted by Crippen LogP contribution is -2.18. The van der Waals surface area contributed by atoms with Gasteiger partial charge in [-0.05, 0) is 18.7 Å². The Morgan fingerprint density at radius 3 is 2.77 bits per heavy atom. The zero-order valence-electron chi connectivity index (χ0n) is 11.9. The number of nitrogens with one attached hydrogen (secondary N) is 1. The van der Waals surface area contributed by atoms with Crippen molar-refractivity contribution < 1.29 is 4.39 Å². The number of hydrogen-bond donors (Lipinski definition) is 3. The number of fused-ring (bicyclic) bond motifs is 1. The van der Waals surface area contributed by atoms with Crippen LogP contribution in [0, 0.1) is 5.82 Å². The number of anilines is 2. The molecular weight excluding hydrogens is 287 g/mol. The largest absolute Gasteiger partial charge is 0.382 e. The second-order valence-corrected chi connectivity index (χ2v) is 5.03. The first-order chi connectivity index (χ1) is 10.5. The molecule has 9 heteroatoms. The minimum atomic E-state index is -0.354. The molecule has 114 valence electrons. The molecule has 8 nitrogen and oxygen atoms in total. The summed E-state index contributed by atoms with van der Waals surface area (Å²) in [6.07, 6.45) is 2.80. The van der Waals surface area contributed by atoms with Crippen molar-refractivity contribution in [3.63, 3.8) is 0 Å². The van der Waals surface area contributed by atoms with E-state index < -0.39 is 0 Å². The molecule has 0 bridgehead atoms. The maximum absolute atomic E-state index is 13.1. The van der Waals surface area contributed by atoms with Gasteiger partial charge in [-0.15, -0.1) is 0 Å². The number of nitrogens with two attached hydrogens (primary N) is 2. The van der Waals surface area contributed by atoms with E-state index in [2.05, 4.69) is 24.9 Å². The van der Waals surface area contributed by atoms with Gasteiger partial charge >= 0.3 is 0 Å². The predicted octanol–water partition coefficient (Wildman–Crippen LogP) is 0.683. The van der Waals surface area contributed by atoms with E-state index >= 15 is 0 Å². The van der Waals surface area contributed by atoms with E-state index in [-0.39, 0.29) is 17.6 Å². The van der Waals surface area contributed by atoms with Gasteiger partial charge in [-0.25, -0.2) is 9.37 Å². The van der Waals surface area contributed by atoms with Gasteiger partial charge in [0.2, 0.25) is 5.95 Å². The Balaban J connectivity index is 1.76. The molecule has 0 aliphatic carbocycles. The first-order valence-electron chi connectivity index (χ1n) is 6.57. The highest BCUT2D eigenvalue weighted by Crippen LogP contribution is 2.17. The molecule has 3 rings (SSSR count). The molecule has 5 N–H and O–H groups in total. The van der Waals surface area contributed by atoms with E-state index in [1.54, 1.807) is 6.20 Å². The summed E-state index contributed by atoms with van der Waals surface area (Å²) < 4.78 is 13.1. The number of hydrogen-bond acceptors (Lipinski definition) is 7. The fraction of sp³-hybridized carbons (Fsp3) is 0.231. The van der Waals surface area contributed by atoms with E-state index in [0.29, 0.717) is 30.1 Å². The summed E-state index contributed by atoms with van der Waals surface area (Å²) in [7, 11) is 1.89. The second-order valence-electron chi connectivity index (χ2n) is 5.03. The highest BCUT2D eigenvalue weighted by molar-refractivity contribution is 5.82. The summed E-state index contributed by atoms with van der Waals surface area (Å²) in [5.74, 6) is 0.669. The highest BCUT2D eigenvalue weighted by atomic mass is 19.1. The molecule has 0 amide bonds. The van der Waals surface area contributed by atoms with E-state index in [1.807, 2.05) is 11.9 Å². The van der Waals surface area contributed by atoms with Crippen molar-refractivity contribution >= 4 is 22.9 Å². The zero-order valence-corrected chi connectivity index (χ0v) is 11.9. The SMILES string of the molecule is CN(Cc1cncc(F)c1)Cc1nc2nc(N)nc(N)c2[nH]1. The van der Waals surface area contributed by atoms with Gasteiger partial charge < -0.3 is 16.5 Å². The molecule has 3 aromatic heterocycles. The number of pyridine rings is 1. The molecule has 0 fully saturated rings. The normalized spacial score (nSPS) is 11.4. The Labute approximate surface area is 125 Å². The molecule has 0 aromatic carbocycles. The van der Waals surface area contributed by atoms with Crippen molar-refractivity contribution in [3.05, 3.63) is 35.7 Å². The third kappa shape index (κ3) is 2.93. The molecule has 3 heterocycles. The third-order valence-corrected chi connectivity index (χ3v) is 3.08. The van der Waals surface area contributed by atoms with Gasteiger partial charge in [0, 0.05) is 12.7 Å². The van der Waals surface area contributed by atoms with Crippen LogP contribution in [0.15, 0.2) is 18.5 Å². The lowest BCUT2D eigenvalue weighted by molar-refractivity contribution is 0.311. The average molecular weight is 302 g/mol. The maximum atomic E-state index is 13.1. The van der Waals surface area contributed by atoms with Crippen molar-refractivity contribution in [2.24, 2.45) is 0 Å². The van der Waals surface area contributed by atoms with E-state index in [4.69, 9.17) is 11.5 Å². The molecule has 0 atom stereocenters. The quantitative estimate of drug-likeness (QED) is 0.647.